The lowest BCUT2D eigenvalue weighted by Gasteiger charge is -2.14. The number of urea groups is 1. The molecule has 0 atom stereocenters. The molecule has 0 saturated carbocycles. The fraction of sp³-hybridized carbons (Fsp3) is 0.357. The van der Waals surface area contributed by atoms with Crippen molar-refractivity contribution in [3.63, 3.8) is 0 Å². The highest BCUT2D eigenvalue weighted by Gasteiger charge is 2.30. The molecule has 3 rings (SSSR count). The second-order valence-electron chi connectivity index (χ2n) is 5.40. The van der Waals surface area contributed by atoms with Crippen LogP contribution in [-0.4, -0.2) is 67.5 Å². The topological polar surface area (TPSA) is 168 Å². The van der Waals surface area contributed by atoms with Gasteiger partial charge in [0, 0.05) is 7.05 Å². The summed E-state index contributed by atoms with van der Waals surface area (Å²) in [7, 11) is -0.267. The van der Waals surface area contributed by atoms with Crippen molar-refractivity contribution in [2.45, 2.75) is 5.03 Å². The van der Waals surface area contributed by atoms with Crippen LogP contribution in [0, 0.1) is 0 Å². The summed E-state index contributed by atoms with van der Waals surface area (Å²) in [6, 6.07) is 0.268. The third kappa shape index (κ3) is 4.45. The summed E-state index contributed by atoms with van der Waals surface area (Å²) >= 11 is 0. The van der Waals surface area contributed by atoms with Gasteiger partial charge in [0.1, 0.15) is 6.61 Å². The van der Waals surface area contributed by atoms with Crippen molar-refractivity contribution in [1.29, 1.82) is 0 Å². The monoisotopic (exact) mass is 427 g/mol. The van der Waals surface area contributed by atoms with E-state index in [-0.39, 0.29) is 47.4 Å². The average molecular weight is 427 g/mol. The number of oxime groups is 1. The van der Waals surface area contributed by atoms with Crippen LogP contribution in [0.1, 0.15) is 5.56 Å². The molecule has 0 bridgehead atoms. The maximum Gasteiger partial charge on any atom is 0.335 e. The molecule has 0 saturated heterocycles. The maximum absolute atomic E-state index is 12.8. The highest BCUT2D eigenvalue weighted by Crippen LogP contribution is 2.19. The number of ether oxygens (including phenoxy) is 3. The van der Waals surface area contributed by atoms with Gasteiger partial charge in [0.15, 0.2) is 11.6 Å². The van der Waals surface area contributed by atoms with Gasteiger partial charge in [0.25, 0.3) is 15.9 Å². The quantitative estimate of drug-likeness (QED) is 0.610. The number of carbonyl (C=O) groups is 1. The molecule has 2 N–H and O–H groups in total. The molecule has 29 heavy (non-hydrogen) atoms. The van der Waals surface area contributed by atoms with Gasteiger partial charge in [-0.05, 0) is 5.16 Å². The molecule has 3 heterocycles. The van der Waals surface area contributed by atoms with Gasteiger partial charge in [0.05, 0.1) is 32.0 Å². The Morgan fingerprint density at radius 1 is 1.21 bits per heavy atom. The molecule has 1 aliphatic rings. The molecule has 2 aromatic heterocycles. The number of nitrogens with zero attached hydrogens (tertiary/aromatic N) is 5. The van der Waals surface area contributed by atoms with Crippen molar-refractivity contribution in [3.05, 3.63) is 17.8 Å². The minimum Gasteiger partial charge on any atom is -0.481 e. The molecule has 0 radical (unpaired) electrons. The van der Waals surface area contributed by atoms with Crippen molar-refractivity contribution in [3.8, 4) is 11.8 Å². The molecule has 0 fully saturated rings. The van der Waals surface area contributed by atoms with Crippen LogP contribution in [0.25, 0.3) is 0 Å². The summed E-state index contributed by atoms with van der Waals surface area (Å²) in [6.07, 6.45) is 1.23. The lowest BCUT2D eigenvalue weighted by Crippen LogP contribution is -2.36. The SMILES string of the molecule is COc1cc(OC)nc(NC(=O)NS(=O)(=O)c2c(C3=NOCCO3)cnn2C)n1. The molecule has 15 heteroatoms. The van der Waals surface area contributed by atoms with Crippen LogP contribution in [0.15, 0.2) is 22.4 Å². The molecule has 2 amide bonds. The number of aromatic nitrogens is 4. The molecule has 2 aromatic rings. The molecule has 0 aromatic carbocycles. The predicted molar refractivity (Wildman–Crippen MR) is 96.1 cm³/mol. The Kier molecular flexibility index (Phi) is 5.67. The van der Waals surface area contributed by atoms with E-state index >= 15 is 0 Å². The number of sulfonamides is 1. The molecule has 14 nitrogen and oxygen atoms in total. The molecule has 0 spiro atoms. The summed E-state index contributed by atoms with van der Waals surface area (Å²) in [6.45, 7) is 0.423. The summed E-state index contributed by atoms with van der Waals surface area (Å²) < 4.78 is 43.6. The molecule has 1 aliphatic heterocycles. The molecular weight excluding hydrogens is 410 g/mol. The van der Waals surface area contributed by atoms with E-state index in [9.17, 15) is 13.2 Å². The fourth-order valence-corrected chi connectivity index (χ4v) is 3.51. The van der Waals surface area contributed by atoms with Crippen LogP contribution in [-0.2, 0) is 26.6 Å². The zero-order valence-corrected chi connectivity index (χ0v) is 16.4. The standard InChI is InChI=1S/C14H17N7O7S/c1-21-12(8(7-15-21)11-19-28-5-4-27-11)29(23,24)20-14(22)18-13-16-9(25-2)6-10(17-13)26-3/h6-7H,4-5H2,1-3H3,(H2,16,17,18,20,22). The highest BCUT2D eigenvalue weighted by molar-refractivity contribution is 7.90. The van der Waals surface area contributed by atoms with Crippen molar-refractivity contribution in [1.82, 2.24) is 24.5 Å². The van der Waals surface area contributed by atoms with E-state index in [0.29, 0.717) is 0 Å². The fourth-order valence-electron chi connectivity index (χ4n) is 2.29. The Labute approximate surface area is 164 Å². The van der Waals surface area contributed by atoms with Crippen molar-refractivity contribution in [2.75, 3.05) is 32.8 Å². The normalized spacial score (nSPS) is 13.6. The smallest absolute Gasteiger partial charge is 0.335 e. The summed E-state index contributed by atoms with van der Waals surface area (Å²) in [5, 5.41) is 9.41. The second-order valence-corrected chi connectivity index (χ2v) is 7.00. The minimum absolute atomic E-state index is 0.0341. The van der Waals surface area contributed by atoms with Gasteiger partial charge in [-0.15, -0.1) is 0 Å². The summed E-state index contributed by atoms with van der Waals surface area (Å²) in [4.78, 5) is 24.9. The summed E-state index contributed by atoms with van der Waals surface area (Å²) in [5.41, 5.74) is 0.0341. The lowest BCUT2D eigenvalue weighted by atomic mass is 10.3. The van der Waals surface area contributed by atoms with Gasteiger partial charge in [0.2, 0.25) is 17.7 Å². The number of amides is 2. The Morgan fingerprint density at radius 2 is 1.90 bits per heavy atom. The second kappa shape index (κ2) is 8.17. The summed E-state index contributed by atoms with van der Waals surface area (Å²) in [5.74, 6) is -0.0775. The van der Waals surface area contributed by atoms with Crippen molar-refractivity contribution in [2.24, 2.45) is 12.2 Å². The molecule has 156 valence electrons. The number of methoxy groups -OCH3 is 2. The largest absolute Gasteiger partial charge is 0.481 e. The lowest BCUT2D eigenvalue weighted by molar-refractivity contribution is 0.0653. The molecular formula is C14H17N7O7S. The zero-order valence-electron chi connectivity index (χ0n) is 15.6. The Morgan fingerprint density at radius 3 is 2.48 bits per heavy atom. The van der Waals surface area contributed by atoms with Crippen LogP contribution in [0.2, 0.25) is 0 Å². The van der Waals surface area contributed by atoms with Crippen LogP contribution in [0.4, 0.5) is 10.7 Å². The minimum atomic E-state index is -4.37. The van der Waals surface area contributed by atoms with E-state index in [1.54, 1.807) is 0 Å². The maximum atomic E-state index is 12.8. The van der Waals surface area contributed by atoms with Crippen LogP contribution in [0.5, 0.6) is 11.8 Å². The third-order valence-electron chi connectivity index (χ3n) is 3.48. The third-order valence-corrected chi connectivity index (χ3v) is 4.93. The van der Waals surface area contributed by atoms with Crippen molar-refractivity contribution < 1.29 is 32.3 Å². The van der Waals surface area contributed by atoms with E-state index in [1.165, 1.54) is 33.5 Å². The van der Waals surface area contributed by atoms with E-state index in [2.05, 4.69) is 25.5 Å². The first kappa shape index (κ1) is 20.1. The van der Waals surface area contributed by atoms with Gasteiger partial charge >= 0.3 is 6.03 Å². The number of carbonyl (C=O) groups excluding carboxylic acids is 1. The predicted octanol–water partition coefficient (Wildman–Crippen LogP) is -0.554. The number of hydrogen-bond donors (Lipinski definition) is 2. The van der Waals surface area contributed by atoms with E-state index < -0.39 is 16.1 Å². The van der Waals surface area contributed by atoms with Crippen molar-refractivity contribution >= 4 is 27.9 Å². The Hall–Kier alpha value is -3.62. The zero-order chi connectivity index (χ0) is 21.0. The number of anilines is 1. The molecule has 0 aliphatic carbocycles. The average Bonchev–Trinajstić information content (AvgIpc) is 3.10. The Bertz CT molecular complexity index is 1030. The first-order chi connectivity index (χ1) is 13.8. The first-order valence-electron chi connectivity index (χ1n) is 8.00. The number of hydrogen-bond acceptors (Lipinski definition) is 11. The number of rotatable bonds is 6. The van der Waals surface area contributed by atoms with Crippen LogP contribution < -0.4 is 19.5 Å². The van der Waals surface area contributed by atoms with Gasteiger partial charge in [-0.1, -0.05) is 0 Å². The van der Waals surface area contributed by atoms with E-state index in [1.807, 2.05) is 4.72 Å². The van der Waals surface area contributed by atoms with Gasteiger partial charge < -0.3 is 19.0 Å². The first-order valence-corrected chi connectivity index (χ1v) is 9.48. The number of aryl methyl sites for hydroxylation is 1. The van der Waals surface area contributed by atoms with E-state index in [4.69, 9.17) is 19.0 Å². The Balaban J connectivity index is 1.82. The van der Waals surface area contributed by atoms with Crippen LogP contribution >= 0.6 is 0 Å². The van der Waals surface area contributed by atoms with E-state index in [0.717, 1.165) is 4.68 Å². The van der Waals surface area contributed by atoms with Gasteiger partial charge in [-0.2, -0.15) is 23.5 Å². The number of nitrogens with one attached hydrogen (secondary N) is 2. The molecule has 0 unspecified atom stereocenters. The highest BCUT2D eigenvalue weighted by atomic mass is 32.2. The van der Waals surface area contributed by atoms with Gasteiger partial charge in [-0.3, -0.25) is 10.00 Å². The van der Waals surface area contributed by atoms with Gasteiger partial charge in [-0.25, -0.2) is 9.52 Å². The van der Waals surface area contributed by atoms with Crippen LogP contribution in [0.3, 0.4) is 0 Å².